The Morgan fingerprint density at radius 1 is 0.429 bits per heavy atom. The van der Waals surface area contributed by atoms with Gasteiger partial charge in [0.1, 0.15) is 19.3 Å². The van der Waals surface area contributed by atoms with E-state index in [1.54, 1.807) is 0 Å². The van der Waals surface area contributed by atoms with Gasteiger partial charge in [-0.05, 0) is 109 Å². The summed E-state index contributed by atoms with van der Waals surface area (Å²) in [6.45, 7) is 6.90. The largest absolute Gasteiger partial charge is 0.472 e. The number of unbranched alkanes of at least 4 members (excludes halogenated alkanes) is 33. The van der Waals surface area contributed by atoms with Gasteiger partial charge in [-0.15, -0.1) is 0 Å². The smallest absolute Gasteiger partial charge is 0.456 e. The molecule has 0 spiro atoms. The van der Waals surface area contributed by atoms with Crippen LogP contribution in [0.4, 0.5) is 0 Å². The van der Waals surface area contributed by atoms with Crippen molar-refractivity contribution in [3.63, 3.8) is 0 Å². The zero-order chi connectivity index (χ0) is 61.4. The number of nitrogens with one attached hydrogen (secondary N) is 1. The van der Waals surface area contributed by atoms with Gasteiger partial charge >= 0.3 is 13.8 Å². The highest BCUT2D eigenvalue weighted by Gasteiger charge is 2.30. The maximum atomic E-state index is 13.6. The van der Waals surface area contributed by atoms with Crippen LogP contribution in [-0.4, -0.2) is 74.3 Å². The molecule has 3 unspecified atom stereocenters. The number of rotatable bonds is 63. The molecule has 0 saturated heterocycles. The van der Waals surface area contributed by atoms with E-state index in [1.807, 2.05) is 33.3 Å². The average Bonchev–Trinajstić information content (AvgIpc) is 3.65. The molecular formula is C74H134N2O7P+. The van der Waals surface area contributed by atoms with Crippen molar-refractivity contribution in [2.75, 3.05) is 40.9 Å². The summed E-state index contributed by atoms with van der Waals surface area (Å²) in [5.74, 6) is -0.530. The first-order chi connectivity index (χ1) is 40.9. The van der Waals surface area contributed by atoms with Crippen molar-refractivity contribution in [1.29, 1.82) is 0 Å². The van der Waals surface area contributed by atoms with Crippen molar-refractivity contribution in [1.82, 2.24) is 5.32 Å². The van der Waals surface area contributed by atoms with Crippen molar-refractivity contribution in [2.45, 2.75) is 322 Å². The van der Waals surface area contributed by atoms with Gasteiger partial charge in [-0.2, -0.15) is 0 Å². The summed E-state index contributed by atoms with van der Waals surface area (Å²) in [6.07, 6.45) is 85.6. The number of phosphoric ester groups is 1. The van der Waals surface area contributed by atoms with Crippen molar-refractivity contribution < 1.29 is 37.3 Å². The molecule has 10 heteroatoms. The third-order valence-corrected chi connectivity index (χ3v) is 16.2. The SMILES string of the molecule is CC/C=C\C/C=C\C/C=C\C/C=C\C/C=C\C/C=C\CCCCCCC(=O)OC(/C=C/CCCCCCCCCCCC)C(COP(=O)(O)OCC[N+](C)(C)C)NC(=O)CCCCCCCCCCCCCCC/C=C/CCCCCCCC. The highest BCUT2D eigenvalue weighted by atomic mass is 31.2. The van der Waals surface area contributed by atoms with Crippen molar-refractivity contribution in [3.05, 3.63) is 97.2 Å². The van der Waals surface area contributed by atoms with E-state index < -0.39 is 20.0 Å². The minimum absolute atomic E-state index is 0.0325. The number of phosphoric acid groups is 1. The van der Waals surface area contributed by atoms with Crippen LogP contribution >= 0.6 is 7.82 Å². The Labute approximate surface area is 519 Å². The van der Waals surface area contributed by atoms with E-state index in [4.69, 9.17) is 13.8 Å². The lowest BCUT2D eigenvalue weighted by Gasteiger charge is -2.27. The van der Waals surface area contributed by atoms with Crippen LogP contribution in [0.2, 0.25) is 0 Å². The molecule has 0 aromatic rings. The minimum atomic E-state index is -4.46. The van der Waals surface area contributed by atoms with Gasteiger partial charge in [-0.25, -0.2) is 4.57 Å². The van der Waals surface area contributed by atoms with Gasteiger partial charge in [0.15, 0.2) is 0 Å². The van der Waals surface area contributed by atoms with Crippen LogP contribution in [0.3, 0.4) is 0 Å². The topological polar surface area (TPSA) is 111 Å². The summed E-state index contributed by atoms with van der Waals surface area (Å²) in [6, 6.07) is -0.865. The standard InChI is InChI=1S/C74H133N2O7P/c1-7-10-13-16-19-22-25-28-30-32-34-36-38-40-42-44-46-48-51-54-57-60-63-66-73(77)75-71(70-82-84(79,80)81-69-68-76(4,5)6)72(65-62-59-56-53-50-27-24-21-18-15-12-9-3)83-74(78)67-64-61-58-55-52-49-47-45-43-41-39-37-35-33-31-29-26-23-20-17-14-11-8-2/h11,14,20,23,28-31,35,37,41,43,47,49,62,65,71-72H,7-10,12-13,15-19,21-22,24-27,32-34,36,38-40,42,44-46,48,50-61,63-64,66-70H2,1-6H3,(H-,75,77,79,80)/p+1/b14-11-,23-20-,30-28+,31-29-,37-35-,43-41-,49-47-,65-62+. The fourth-order valence-corrected chi connectivity index (χ4v) is 10.6. The second-order valence-corrected chi connectivity index (χ2v) is 26.1. The zero-order valence-electron chi connectivity index (χ0n) is 55.6. The first-order valence-corrected chi connectivity index (χ1v) is 36.6. The molecule has 3 atom stereocenters. The average molecular weight is 1190 g/mol. The second-order valence-electron chi connectivity index (χ2n) is 24.7. The monoisotopic (exact) mass is 1190 g/mol. The quantitative estimate of drug-likeness (QED) is 0.0205. The van der Waals surface area contributed by atoms with Crippen LogP contribution in [-0.2, 0) is 27.9 Å². The van der Waals surface area contributed by atoms with Crippen LogP contribution in [0.15, 0.2) is 97.2 Å². The number of esters is 1. The maximum Gasteiger partial charge on any atom is 0.472 e. The first-order valence-electron chi connectivity index (χ1n) is 35.1. The number of amides is 1. The summed E-state index contributed by atoms with van der Waals surface area (Å²) in [4.78, 5) is 37.9. The number of allylic oxidation sites excluding steroid dienone is 15. The maximum absolute atomic E-state index is 13.6. The molecule has 9 nitrogen and oxygen atoms in total. The van der Waals surface area contributed by atoms with Gasteiger partial charge in [-0.1, -0.05) is 285 Å². The molecule has 0 fully saturated rings. The van der Waals surface area contributed by atoms with E-state index in [9.17, 15) is 19.0 Å². The number of likely N-dealkylation sites (N-methyl/N-ethyl adjacent to an activating group) is 1. The highest BCUT2D eigenvalue weighted by Crippen LogP contribution is 2.43. The van der Waals surface area contributed by atoms with Crippen molar-refractivity contribution in [3.8, 4) is 0 Å². The minimum Gasteiger partial charge on any atom is -0.456 e. The number of quaternary nitrogens is 1. The summed E-state index contributed by atoms with van der Waals surface area (Å²) >= 11 is 0. The van der Waals surface area contributed by atoms with Gasteiger partial charge in [0.05, 0.1) is 33.8 Å². The van der Waals surface area contributed by atoms with Gasteiger partial charge in [0.25, 0.3) is 0 Å². The molecule has 0 rings (SSSR count). The van der Waals surface area contributed by atoms with Gasteiger partial charge in [0, 0.05) is 12.8 Å². The van der Waals surface area contributed by atoms with Crippen LogP contribution in [0, 0.1) is 0 Å². The third-order valence-electron chi connectivity index (χ3n) is 15.3. The predicted molar refractivity (Wildman–Crippen MR) is 364 cm³/mol. The van der Waals surface area contributed by atoms with E-state index in [1.165, 1.54) is 167 Å². The molecule has 486 valence electrons. The van der Waals surface area contributed by atoms with Crippen LogP contribution in [0.25, 0.3) is 0 Å². The highest BCUT2D eigenvalue weighted by molar-refractivity contribution is 7.47. The molecule has 0 aromatic carbocycles. The summed E-state index contributed by atoms with van der Waals surface area (Å²) < 4.78 is 30.8. The normalized spacial score (nSPS) is 14.1. The van der Waals surface area contributed by atoms with E-state index >= 15 is 0 Å². The lowest BCUT2D eigenvalue weighted by atomic mass is 10.0. The fraction of sp³-hybridized carbons (Fsp3) is 0.757. The van der Waals surface area contributed by atoms with E-state index in [0.717, 1.165) is 103 Å². The number of hydrogen-bond donors (Lipinski definition) is 2. The van der Waals surface area contributed by atoms with E-state index in [0.29, 0.717) is 23.9 Å². The molecule has 0 aromatic heterocycles. The molecular weight excluding hydrogens is 1060 g/mol. The fourth-order valence-electron chi connectivity index (χ4n) is 9.88. The summed E-state index contributed by atoms with van der Waals surface area (Å²) in [7, 11) is 1.48. The Bertz CT molecular complexity index is 1760. The molecule has 0 saturated carbocycles. The Kier molecular flexibility index (Phi) is 60.7. The predicted octanol–water partition coefficient (Wildman–Crippen LogP) is 22.3. The van der Waals surface area contributed by atoms with Crippen molar-refractivity contribution in [2.24, 2.45) is 0 Å². The van der Waals surface area contributed by atoms with Gasteiger partial charge in [0.2, 0.25) is 5.91 Å². The molecule has 1 amide bonds. The molecule has 0 radical (unpaired) electrons. The van der Waals surface area contributed by atoms with Crippen LogP contribution in [0.1, 0.15) is 310 Å². The lowest BCUT2D eigenvalue weighted by Crippen LogP contribution is -2.47. The molecule has 0 aliphatic heterocycles. The Balaban J connectivity index is 5.15. The lowest BCUT2D eigenvalue weighted by molar-refractivity contribution is -0.870. The number of carbonyl (C=O) groups is 2. The Hall–Kier alpha value is -3.07. The second kappa shape index (κ2) is 63.0. The van der Waals surface area contributed by atoms with Crippen LogP contribution < -0.4 is 5.32 Å². The third kappa shape index (κ3) is 63.4. The van der Waals surface area contributed by atoms with Gasteiger partial charge in [-0.3, -0.25) is 18.6 Å². The van der Waals surface area contributed by atoms with E-state index in [2.05, 4.69) is 111 Å². The molecule has 0 heterocycles. The zero-order valence-corrected chi connectivity index (χ0v) is 56.5. The number of ether oxygens (including phenoxy) is 1. The number of nitrogens with zero attached hydrogens (tertiary/aromatic N) is 1. The number of carbonyl (C=O) groups excluding carboxylic acids is 2. The van der Waals surface area contributed by atoms with Crippen molar-refractivity contribution >= 4 is 19.7 Å². The summed E-state index contributed by atoms with van der Waals surface area (Å²) in [5.41, 5.74) is 0. The molecule has 0 aliphatic rings. The first kappa shape index (κ1) is 80.9. The Morgan fingerprint density at radius 2 is 0.762 bits per heavy atom. The molecule has 0 bridgehead atoms. The summed E-state index contributed by atoms with van der Waals surface area (Å²) in [5, 5.41) is 3.06. The van der Waals surface area contributed by atoms with Gasteiger partial charge < -0.3 is 19.4 Å². The number of hydrogen-bond acceptors (Lipinski definition) is 6. The van der Waals surface area contributed by atoms with E-state index in [-0.39, 0.29) is 31.5 Å². The molecule has 0 aliphatic carbocycles. The molecule has 84 heavy (non-hydrogen) atoms. The molecule has 2 N–H and O–H groups in total. The Morgan fingerprint density at radius 3 is 1.15 bits per heavy atom. The van der Waals surface area contributed by atoms with Crippen LogP contribution in [0.5, 0.6) is 0 Å².